The zero-order valence-corrected chi connectivity index (χ0v) is 20.7. The van der Waals surface area contributed by atoms with E-state index in [1.54, 1.807) is 11.2 Å². The minimum absolute atomic E-state index is 0.0483. The van der Waals surface area contributed by atoms with Crippen LogP contribution in [0.15, 0.2) is 89.5 Å². The van der Waals surface area contributed by atoms with Crippen LogP contribution in [0.3, 0.4) is 0 Å². The Morgan fingerprint density at radius 3 is 2.40 bits per heavy atom. The van der Waals surface area contributed by atoms with Crippen molar-refractivity contribution in [3.8, 4) is 5.75 Å². The second-order valence-corrected chi connectivity index (χ2v) is 9.12. The van der Waals surface area contributed by atoms with Gasteiger partial charge in [0.15, 0.2) is 0 Å². The summed E-state index contributed by atoms with van der Waals surface area (Å²) in [5.41, 5.74) is 3.87. The molecule has 0 saturated carbocycles. The lowest BCUT2D eigenvalue weighted by Gasteiger charge is -2.17. The van der Waals surface area contributed by atoms with E-state index in [2.05, 4.69) is 11.9 Å². The number of fused-ring (bicyclic) bond motifs is 1. The van der Waals surface area contributed by atoms with Gasteiger partial charge < -0.3 is 19.0 Å². The Bertz CT molecular complexity index is 1210. The molecule has 5 heteroatoms. The summed E-state index contributed by atoms with van der Waals surface area (Å²) in [6, 6.07) is 25.7. The lowest BCUT2D eigenvalue weighted by molar-refractivity contribution is -0.129. The number of nitrogens with zero attached hydrogens (tertiary/aromatic N) is 2. The van der Waals surface area contributed by atoms with Crippen molar-refractivity contribution in [2.45, 2.75) is 32.4 Å². The summed E-state index contributed by atoms with van der Waals surface area (Å²) < 4.78 is 11.4. The van der Waals surface area contributed by atoms with E-state index in [9.17, 15) is 4.79 Å². The highest BCUT2D eigenvalue weighted by Gasteiger charge is 2.14. The molecule has 0 unspecified atom stereocenters. The number of likely N-dealkylation sites (tertiary alicyclic amines) is 1. The maximum atomic E-state index is 12.7. The van der Waals surface area contributed by atoms with E-state index in [4.69, 9.17) is 9.15 Å². The summed E-state index contributed by atoms with van der Waals surface area (Å²) in [6.07, 6.45) is 4.82. The molecular formula is C30H34N2O3. The highest BCUT2D eigenvalue weighted by molar-refractivity contribution is 5.87. The second kappa shape index (κ2) is 12.2. The first-order chi connectivity index (χ1) is 17.1. The van der Waals surface area contributed by atoms with E-state index in [0.29, 0.717) is 19.6 Å². The van der Waals surface area contributed by atoms with Gasteiger partial charge in [-0.05, 0) is 62.3 Å². The van der Waals surface area contributed by atoms with Crippen LogP contribution in [0.5, 0.6) is 5.75 Å². The predicted molar refractivity (Wildman–Crippen MR) is 140 cm³/mol. The Hall–Kier alpha value is -3.57. The quantitative estimate of drug-likeness (QED) is 0.336. The third-order valence-electron chi connectivity index (χ3n) is 6.22. The number of hydrogen-bond donors (Lipinski definition) is 0. The SMILES string of the molecule is CN(Cc1cccc(OCc2ccccc2)c1)C(=O)Cc1coc2ccccc12.CN1CCCC1. The lowest BCUT2D eigenvalue weighted by Crippen LogP contribution is -2.27. The monoisotopic (exact) mass is 470 g/mol. The van der Waals surface area contributed by atoms with Crippen LogP contribution in [-0.4, -0.2) is 42.9 Å². The Kier molecular flexibility index (Phi) is 8.58. The van der Waals surface area contributed by atoms with Gasteiger partial charge in [-0.3, -0.25) is 4.79 Å². The summed E-state index contributed by atoms with van der Waals surface area (Å²) in [6.45, 7) is 3.68. The number of likely N-dealkylation sites (N-methyl/N-ethyl adjacent to an activating group) is 1. The van der Waals surface area contributed by atoms with Crippen LogP contribution in [0.1, 0.15) is 29.5 Å². The highest BCUT2D eigenvalue weighted by Crippen LogP contribution is 2.22. The topological polar surface area (TPSA) is 45.9 Å². The van der Waals surface area contributed by atoms with Crippen LogP contribution in [0.25, 0.3) is 11.0 Å². The molecule has 3 aromatic carbocycles. The molecule has 0 bridgehead atoms. The van der Waals surface area contributed by atoms with Crippen molar-refractivity contribution >= 4 is 16.9 Å². The minimum atomic E-state index is 0.0483. The average Bonchev–Trinajstić information content (AvgIpc) is 3.53. The Balaban J connectivity index is 0.000000421. The molecule has 5 nitrogen and oxygen atoms in total. The van der Waals surface area contributed by atoms with Crippen molar-refractivity contribution in [2.24, 2.45) is 0 Å². The molecule has 182 valence electrons. The maximum absolute atomic E-state index is 12.7. The zero-order valence-electron chi connectivity index (χ0n) is 20.7. The van der Waals surface area contributed by atoms with E-state index in [-0.39, 0.29) is 5.91 Å². The lowest BCUT2D eigenvalue weighted by atomic mass is 10.1. The van der Waals surface area contributed by atoms with Gasteiger partial charge in [0.25, 0.3) is 0 Å². The Labute approximate surface area is 207 Å². The fraction of sp³-hybridized carbons (Fsp3) is 0.300. The zero-order chi connectivity index (χ0) is 24.5. The van der Waals surface area contributed by atoms with Crippen molar-refractivity contribution in [1.82, 2.24) is 9.80 Å². The first-order valence-electron chi connectivity index (χ1n) is 12.2. The summed E-state index contributed by atoms with van der Waals surface area (Å²) in [4.78, 5) is 16.8. The van der Waals surface area contributed by atoms with Gasteiger partial charge in [-0.25, -0.2) is 0 Å². The molecule has 0 aliphatic carbocycles. The molecule has 2 heterocycles. The van der Waals surface area contributed by atoms with Gasteiger partial charge in [0.05, 0.1) is 12.7 Å². The van der Waals surface area contributed by atoms with Gasteiger partial charge in [-0.15, -0.1) is 0 Å². The van der Waals surface area contributed by atoms with E-state index in [1.165, 1.54) is 25.9 Å². The first-order valence-corrected chi connectivity index (χ1v) is 12.2. The smallest absolute Gasteiger partial charge is 0.227 e. The number of carbonyl (C=O) groups excluding carboxylic acids is 1. The highest BCUT2D eigenvalue weighted by atomic mass is 16.5. The number of para-hydroxylation sites is 1. The first kappa shape index (κ1) is 24.6. The summed E-state index contributed by atoms with van der Waals surface area (Å²) >= 11 is 0. The van der Waals surface area contributed by atoms with Crippen LogP contribution in [0, 0.1) is 0 Å². The molecule has 1 fully saturated rings. The van der Waals surface area contributed by atoms with Crippen LogP contribution in [0.2, 0.25) is 0 Å². The van der Waals surface area contributed by atoms with Gasteiger partial charge in [-0.2, -0.15) is 0 Å². The number of rotatable bonds is 7. The largest absolute Gasteiger partial charge is 0.489 e. The Morgan fingerprint density at radius 1 is 0.943 bits per heavy atom. The van der Waals surface area contributed by atoms with E-state index < -0.39 is 0 Å². The molecule has 1 aromatic heterocycles. The molecular weight excluding hydrogens is 436 g/mol. The third-order valence-corrected chi connectivity index (χ3v) is 6.22. The van der Waals surface area contributed by atoms with Crippen LogP contribution < -0.4 is 4.74 Å². The van der Waals surface area contributed by atoms with Crippen molar-refractivity contribution in [2.75, 3.05) is 27.2 Å². The van der Waals surface area contributed by atoms with E-state index >= 15 is 0 Å². The van der Waals surface area contributed by atoms with Gasteiger partial charge >= 0.3 is 0 Å². The van der Waals surface area contributed by atoms with Gasteiger partial charge in [0.2, 0.25) is 5.91 Å². The Morgan fingerprint density at radius 2 is 1.66 bits per heavy atom. The van der Waals surface area contributed by atoms with Gasteiger partial charge in [0, 0.05) is 24.5 Å². The van der Waals surface area contributed by atoms with Crippen LogP contribution in [0.4, 0.5) is 0 Å². The number of benzene rings is 3. The molecule has 35 heavy (non-hydrogen) atoms. The van der Waals surface area contributed by atoms with Crippen molar-refractivity contribution < 1.29 is 13.9 Å². The fourth-order valence-corrected chi connectivity index (χ4v) is 4.18. The number of furan rings is 1. The number of carbonyl (C=O) groups is 1. The number of hydrogen-bond acceptors (Lipinski definition) is 4. The van der Waals surface area contributed by atoms with Gasteiger partial charge in [0.1, 0.15) is 17.9 Å². The molecule has 1 amide bonds. The standard InChI is InChI=1S/C25H23NO3.C5H11N/c1-26(25(27)15-21-18-29-24-13-6-5-12-23(21)24)16-20-10-7-11-22(14-20)28-17-19-8-3-2-4-9-19;1-6-4-2-3-5-6/h2-14,18H,15-17H2,1H3;2-5H2,1H3. The minimum Gasteiger partial charge on any atom is -0.489 e. The van der Waals surface area contributed by atoms with Crippen molar-refractivity contribution in [1.29, 1.82) is 0 Å². The number of amides is 1. The molecule has 0 N–H and O–H groups in total. The molecule has 0 radical (unpaired) electrons. The fourth-order valence-electron chi connectivity index (χ4n) is 4.18. The molecule has 5 rings (SSSR count). The summed E-state index contributed by atoms with van der Waals surface area (Å²) in [7, 11) is 4.00. The normalized spacial score (nSPS) is 13.3. The third kappa shape index (κ3) is 7.20. The van der Waals surface area contributed by atoms with Crippen molar-refractivity contribution in [3.05, 3.63) is 102 Å². The van der Waals surface area contributed by atoms with Crippen LogP contribution >= 0.6 is 0 Å². The van der Waals surface area contributed by atoms with Gasteiger partial charge in [-0.1, -0.05) is 60.7 Å². The van der Waals surface area contributed by atoms with E-state index in [0.717, 1.165) is 33.4 Å². The average molecular weight is 471 g/mol. The molecule has 1 aliphatic heterocycles. The molecule has 1 saturated heterocycles. The maximum Gasteiger partial charge on any atom is 0.227 e. The van der Waals surface area contributed by atoms with Crippen molar-refractivity contribution in [3.63, 3.8) is 0 Å². The molecule has 0 spiro atoms. The second-order valence-electron chi connectivity index (χ2n) is 9.12. The molecule has 4 aromatic rings. The summed E-state index contributed by atoms with van der Waals surface area (Å²) in [5.74, 6) is 0.847. The van der Waals surface area contributed by atoms with Crippen LogP contribution in [-0.2, 0) is 24.4 Å². The molecule has 0 atom stereocenters. The number of ether oxygens (including phenoxy) is 1. The van der Waals surface area contributed by atoms with E-state index in [1.807, 2.05) is 85.9 Å². The summed E-state index contributed by atoms with van der Waals surface area (Å²) in [5, 5.41) is 0.991. The predicted octanol–water partition coefficient (Wildman–Crippen LogP) is 5.92. The molecule has 1 aliphatic rings.